The van der Waals surface area contributed by atoms with Crippen molar-refractivity contribution in [2.45, 2.75) is 6.92 Å². The van der Waals surface area contributed by atoms with Gasteiger partial charge in [-0.1, -0.05) is 54.6 Å². The van der Waals surface area contributed by atoms with Crippen LogP contribution in [0.15, 0.2) is 83.4 Å². The van der Waals surface area contributed by atoms with Crippen molar-refractivity contribution in [2.75, 3.05) is 0 Å². The summed E-state index contributed by atoms with van der Waals surface area (Å²) in [7, 11) is 2.04. The Hall–Kier alpha value is -3.90. The first-order chi connectivity index (χ1) is 14.2. The fourth-order valence-electron chi connectivity index (χ4n) is 4.07. The fraction of sp³-hybridized carbons (Fsp3) is 0.0769. The van der Waals surface area contributed by atoms with Crippen molar-refractivity contribution in [3.8, 4) is 22.4 Å². The molecule has 3 aromatic carbocycles. The van der Waals surface area contributed by atoms with Crippen molar-refractivity contribution in [2.24, 2.45) is 7.05 Å². The SMILES string of the molecule is [C-]#[N+]c1ccc2c(oc3c(-c4cccc[n+]4C)c(C)ccc32)c1-c1ccccc1. The maximum absolute atomic E-state index is 7.66. The molecule has 0 spiro atoms. The molecule has 2 heterocycles. The first kappa shape index (κ1) is 17.2. The van der Waals surface area contributed by atoms with Gasteiger partial charge in [0.2, 0.25) is 5.69 Å². The highest BCUT2D eigenvalue weighted by atomic mass is 16.3. The van der Waals surface area contributed by atoms with E-state index in [-0.39, 0.29) is 0 Å². The quantitative estimate of drug-likeness (QED) is 0.251. The van der Waals surface area contributed by atoms with E-state index in [2.05, 4.69) is 34.5 Å². The van der Waals surface area contributed by atoms with E-state index in [1.165, 1.54) is 0 Å². The van der Waals surface area contributed by atoms with Crippen LogP contribution < -0.4 is 4.57 Å². The lowest BCUT2D eigenvalue weighted by Gasteiger charge is -2.05. The molecule has 0 fully saturated rings. The zero-order chi connectivity index (χ0) is 20.0. The monoisotopic (exact) mass is 375 g/mol. The van der Waals surface area contributed by atoms with E-state index in [1.807, 2.05) is 67.8 Å². The topological polar surface area (TPSA) is 21.4 Å². The molecule has 3 nitrogen and oxygen atoms in total. The third kappa shape index (κ3) is 2.61. The van der Waals surface area contributed by atoms with E-state index in [9.17, 15) is 0 Å². The van der Waals surface area contributed by atoms with Crippen LogP contribution in [0.2, 0.25) is 0 Å². The third-order valence-corrected chi connectivity index (χ3v) is 5.49. The molecule has 0 unspecified atom stereocenters. The zero-order valence-corrected chi connectivity index (χ0v) is 16.3. The minimum absolute atomic E-state index is 0.603. The Labute approximate surface area is 169 Å². The van der Waals surface area contributed by atoms with Gasteiger partial charge in [0.05, 0.1) is 12.1 Å². The minimum Gasteiger partial charge on any atom is -0.456 e. The van der Waals surface area contributed by atoms with Crippen LogP contribution in [0.3, 0.4) is 0 Å². The van der Waals surface area contributed by atoms with Crippen molar-refractivity contribution >= 4 is 27.6 Å². The van der Waals surface area contributed by atoms with Crippen molar-refractivity contribution in [3.05, 3.63) is 96.0 Å². The molecular weight excluding hydrogens is 356 g/mol. The fourth-order valence-corrected chi connectivity index (χ4v) is 4.07. The summed E-state index contributed by atoms with van der Waals surface area (Å²) in [6.07, 6.45) is 2.04. The average molecular weight is 375 g/mol. The van der Waals surface area contributed by atoms with Crippen LogP contribution in [-0.4, -0.2) is 0 Å². The van der Waals surface area contributed by atoms with E-state index in [1.54, 1.807) is 0 Å². The van der Waals surface area contributed by atoms with E-state index in [0.717, 1.165) is 49.9 Å². The van der Waals surface area contributed by atoms with Crippen LogP contribution in [0, 0.1) is 13.5 Å². The molecule has 2 aromatic heterocycles. The van der Waals surface area contributed by atoms with Gasteiger partial charge in [0.1, 0.15) is 18.2 Å². The first-order valence-corrected chi connectivity index (χ1v) is 9.56. The number of fused-ring (bicyclic) bond motifs is 3. The summed E-state index contributed by atoms with van der Waals surface area (Å²) >= 11 is 0. The number of benzene rings is 3. The number of pyridine rings is 1. The molecule has 0 aliphatic rings. The van der Waals surface area contributed by atoms with Crippen LogP contribution >= 0.6 is 0 Å². The number of hydrogen-bond acceptors (Lipinski definition) is 1. The lowest BCUT2D eigenvalue weighted by molar-refractivity contribution is -0.660. The minimum atomic E-state index is 0.603. The predicted molar refractivity (Wildman–Crippen MR) is 117 cm³/mol. The second-order valence-corrected chi connectivity index (χ2v) is 7.25. The Morgan fingerprint density at radius 3 is 2.21 bits per heavy atom. The number of furan rings is 1. The third-order valence-electron chi connectivity index (χ3n) is 5.49. The zero-order valence-electron chi connectivity index (χ0n) is 16.3. The summed E-state index contributed by atoms with van der Waals surface area (Å²) in [6.45, 7) is 9.77. The lowest BCUT2D eigenvalue weighted by Crippen LogP contribution is -2.30. The number of aromatic nitrogens is 1. The Morgan fingerprint density at radius 1 is 0.793 bits per heavy atom. The molecule has 0 saturated carbocycles. The van der Waals surface area contributed by atoms with E-state index in [4.69, 9.17) is 11.0 Å². The number of aryl methyl sites for hydroxylation is 2. The van der Waals surface area contributed by atoms with Crippen molar-refractivity contribution in [3.63, 3.8) is 0 Å². The Balaban J connectivity index is 1.94. The molecule has 0 saturated heterocycles. The highest BCUT2D eigenvalue weighted by Gasteiger charge is 2.22. The maximum atomic E-state index is 7.66. The summed E-state index contributed by atoms with van der Waals surface area (Å²) in [4.78, 5) is 3.77. The van der Waals surface area contributed by atoms with Gasteiger partial charge >= 0.3 is 0 Å². The molecular formula is C26H19N2O+. The van der Waals surface area contributed by atoms with Gasteiger partial charge in [-0.25, -0.2) is 9.41 Å². The first-order valence-electron chi connectivity index (χ1n) is 9.56. The van der Waals surface area contributed by atoms with Gasteiger partial charge < -0.3 is 4.42 Å². The molecule has 5 aromatic rings. The molecule has 3 heteroatoms. The number of nitrogens with zero attached hydrogens (tertiary/aromatic N) is 2. The van der Waals surface area contributed by atoms with Gasteiger partial charge in [0.25, 0.3) is 0 Å². The van der Waals surface area contributed by atoms with Crippen molar-refractivity contribution in [1.29, 1.82) is 0 Å². The van der Waals surface area contributed by atoms with E-state index >= 15 is 0 Å². The Bertz CT molecular complexity index is 1420. The van der Waals surface area contributed by atoms with Crippen molar-refractivity contribution < 1.29 is 8.98 Å². The number of hydrogen-bond donors (Lipinski definition) is 0. The number of rotatable bonds is 2. The van der Waals surface area contributed by atoms with Crippen LogP contribution in [0.1, 0.15) is 5.56 Å². The summed E-state index contributed by atoms with van der Waals surface area (Å²) < 4.78 is 8.65. The molecule has 0 amide bonds. The second kappa shape index (κ2) is 6.61. The summed E-state index contributed by atoms with van der Waals surface area (Å²) in [5.41, 5.74) is 7.43. The van der Waals surface area contributed by atoms with Crippen LogP contribution in [0.5, 0.6) is 0 Å². The molecule has 138 valence electrons. The molecule has 5 rings (SSSR count). The molecule has 0 bridgehead atoms. The van der Waals surface area contributed by atoms with Gasteiger partial charge in [-0.05, 0) is 24.1 Å². The van der Waals surface area contributed by atoms with E-state index in [0.29, 0.717) is 5.69 Å². The van der Waals surface area contributed by atoms with E-state index < -0.39 is 0 Å². The van der Waals surface area contributed by atoms with Gasteiger partial charge in [-0.3, -0.25) is 0 Å². The summed E-state index contributed by atoms with van der Waals surface area (Å²) in [5.74, 6) is 0. The highest BCUT2D eigenvalue weighted by Crippen LogP contribution is 2.44. The Kier molecular flexibility index (Phi) is 3.93. The van der Waals surface area contributed by atoms with Gasteiger partial charge in [-0.2, -0.15) is 0 Å². The molecule has 0 aliphatic heterocycles. The van der Waals surface area contributed by atoms with Crippen LogP contribution in [0.4, 0.5) is 5.69 Å². The normalized spacial score (nSPS) is 11.1. The molecule has 29 heavy (non-hydrogen) atoms. The van der Waals surface area contributed by atoms with Gasteiger partial charge in [0.15, 0.2) is 11.9 Å². The summed E-state index contributed by atoms with van der Waals surface area (Å²) in [6, 6.07) is 24.4. The van der Waals surface area contributed by atoms with Crippen LogP contribution in [-0.2, 0) is 7.05 Å². The molecule has 0 radical (unpaired) electrons. The molecule has 0 atom stereocenters. The summed E-state index contributed by atoms with van der Waals surface area (Å²) in [5, 5.41) is 2.10. The average Bonchev–Trinajstić information content (AvgIpc) is 3.13. The Morgan fingerprint density at radius 2 is 1.48 bits per heavy atom. The maximum Gasteiger partial charge on any atom is 0.216 e. The van der Waals surface area contributed by atoms with Crippen LogP contribution in [0.25, 0.3) is 49.2 Å². The largest absolute Gasteiger partial charge is 0.456 e. The van der Waals surface area contributed by atoms with Crippen molar-refractivity contribution in [1.82, 2.24) is 0 Å². The van der Waals surface area contributed by atoms with Gasteiger partial charge in [-0.15, -0.1) is 0 Å². The standard InChI is InChI=1S/C26H19N2O/c1-17-12-13-19-20-14-15-21(27-2)24(18-9-5-4-6-10-18)26(20)29-25(19)23(17)22-11-7-8-16-28(22)3/h4-16H,1,3H3/q+1. The second-order valence-electron chi connectivity index (χ2n) is 7.25. The van der Waals surface area contributed by atoms with Gasteiger partial charge in [0, 0.05) is 28.5 Å². The lowest BCUT2D eigenvalue weighted by atomic mass is 9.98. The smallest absolute Gasteiger partial charge is 0.216 e. The molecule has 0 N–H and O–H groups in total. The highest BCUT2D eigenvalue weighted by molar-refractivity contribution is 6.15. The predicted octanol–water partition coefficient (Wildman–Crippen LogP) is 6.60. The molecule has 0 aliphatic carbocycles.